The van der Waals surface area contributed by atoms with E-state index in [0.29, 0.717) is 6.04 Å². The van der Waals surface area contributed by atoms with Crippen LogP contribution in [0.2, 0.25) is 0 Å². The van der Waals surface area contributed by atoms with Crippen LogP contribution in [0.5, 0.6) is 0 Å². The molecule has 72 valence electrons. The van der Waals surface area contributed by atoms with Crippen molar-refractivity contribution in [3.05, 3.63) is 29.8 Å². The monoisotopic (exact) mass is 178 g/mol. The van der Waals surface area contributed by atoms with E-state index in [1.165, 1.54) is 11.3 Å². The molecule has 0 amide bonds. The molecular weight excluding hydrogens is 160 g/mol. The lowest BCUT2D eigenvalue weighted by Gasteiger charge is -2.10. The lowest BCUT2D eigenvalue weighted by molar-refractivity contribution is 0.817. The van der Waals surface area contributed by atoms with Crippen LogP contribution in [-0.2, 0) is 6.54 Å². The van der Waals surface area contributed by atoms with Crippen molar-refractivity contribution in [2.45, 2.75) is 26.4 Å². The molecule has 0 atom stereocenters. The van der Waals surface area contributed by atoms with Crippen LogP contribution >= 0.6 is 0 Å². The fraction of sp³-hybridized carbons (Fsp3) is 0.455. The van der Waals surface area contributed by atoms with E-state index >= 15 is 0 Å². The highest BCUT2D eigenvalue weighted by atomic mass is 14.9. The van der Waals surface area contributed by atoms with E-state index < -0.39 is 0 Å². The first-order chi connectivity index (χ1) is 6.22. The lowest BCUT2D eigenvalue weighted by atomic mass is 10.2. The molecule has 1 aromatic carbocycles. The summed E-state index contributed by atoms with van der Waals surface area (Å²) in [6, 6.07) is 8.97. The molecule has 0 fully saturated rings. The number of hydrogen-bond donors (Lipinski definition) is 2. The van der Waals surface area contributed by atoms with Gasteiger partial charge >= 0.3 is 0 Å². The van der Waals surface area contributed by atoms with Crippen molar-refractivity contribution in [1.29, 1.82) is 0 Å². The van der Waals surface area contributed by atoms with Gasteiger partial charge in [0.25, 0.3) is 0 Å². The molecule has 0 radical (unpaired) electrons. The number of nitrogens with one attached hydrogen (secondary N) is 2. The van der Waals surface area contributed by atoms with E-state index in [4.69, 9.17) is 0 Å². The zero-order valence-corrected chi connectivity index (χ0v) is 8.59. The second-order valence-corrected chi connectivity index (χ2v) is 3.53. The van der Waals surface area contributed by atoms with Gasteiger partial charge in [-0.3, -0.25) is 0 Å². The number of rotatable bonds is 4. The normalized spacial score (nSPS) is 10.5. The third kappa shape index (κ3) is 3.47. The van der Waals surface area contributed by atoms with Crippen LogP contribution in [0.4, 0.5) is 5.69 Å². The highest BCUT2D eigenvalue weighted by Gasteiger charge is 1.96. The molecule has 0 bridgehead atoms. The van der Waals surface area contributed by atoms with Crippen molar-refractivity contribution in [2.24, 2.45) is 0 Å². The Morgan fingerprint density at radius 1 is 1.31 bits per heavy atom. The summed E-state index contributed by atoms with van der Waals surface area (Å²) in [5.41, 5.74) is 2.51. The molecule has 0 aromatic heterocycles. The first kappa shape index (κ1) is 10.1. The summed E-state index contributed by atoms with van der Waals surface area (Å²) in [5.74, 6) is 0. The van der Waals surface area contributed by atoms with Crippen LogP contribution in [0, 0.1) is 0 Å². The third-order valence-electron chi connectivity index (χ3n) is 1.76. The summed E-state index contributed by atoms with van der Waals surface area (Å²) in [7, 11) is 1.96. The summed E-state index contributed by atoms with van der Waals surface area (Å²) < 4.78 is 0. The maximum atomic E-state index is 3.38. The van der Waals surface area contributed by atoms with Crippen LogP contribution in [0.15, 0.2) is 24.3 Å². The molecule has 0 spiro atoms. The van der Waals surface area contributed by atoms with Crippen molar-refractivity contribution in [3.63, 3.8) is 0 Å². The molecule has 1 aromatic rings. The van der Waals surface area contributed by atoms with Gasteiger partial charge in [0, 0.05) is 18.3 Å². The SMILES string of the molecule is CNCc1cccc(NC(C)C)c1. The van der Waals surface area contributed by atoms with Gasteiger partial charge in [-0.15, -0.1) is 0 Å². The summed E-state index contributed by atoms with van der Waals surface area (Å²) in [6.45, 7) is 5.21. The highest BCUT2D eigenvalue weighted by molar-refractivity contribution is 5.46. The first-order valence-electron chi connectivity index (χ1n) is 4.72. The molecule has 2 heteroatoms. The van der Waals surface area contributed by atoms with Crippen LogP contribution in [0.1, 0.15) is 19.4 Å². The van der Waals surface area contributed by atoms with E-state index in [-0.39, 0.29) is 0 Å². The van der Waals surface area contributed by atoms with Crippen LogP contribution < -0.4 is 10.6 Å². The van der Waals surface area contributed by atoms with E-state index in [2.05, 4.69) is 48.7 Å². The summed E-state index contributed by atoms with van der Waals surface area (Å²) in [4.78, 5) is 0. The Morgan fingerprint density at radius 3 is 2.69 bits per heavy atom. The van der Waals surface area contributed by atoms with Gasteiger partial charge < -0.3 is 10.6 Å². The van der Waals surface area contributed by atoms with Gasteiger partial charge in [0.1, 0.15) is 0 Å². The zero-order valence-electron chi connectivity index (χ0n) is 8.59. The molecule has 0 unspecified atom stereocenters. The number of anilines is 1. The first-order valence-corrected chi connectivity index (χ1v) is 4.72. The second-order valence-electron chi connectivity index (χ2n) is 3.53. The van der Waals surface area contributed by atoms with E-state index in [1.807, 2.05) is 7.05 Å². The lowest BCUT2D eigenvalue weighted by Crippen LogP contribution is -2.10. The topological polar surface area (TPSA) is 24.1 Å². The van der Waals surface area contributed by atoms with Gasteiger partial charge in [-0.1, -0.05) is 12.1 Å². The minimum atomic E-state index is 0.491. The predicted octanol–water partition coefficient (Wildman–Crippen LogP) is 2.23. The maximum Gasteiger partial charge on any atom is 0.0345 e. The summed E-state index contributed by atoms with van der Waals surface area (Å²) in [5, 5.41) is 6.51. The molecular formula is C11H18N2. The van der Waals surface area contributed by atoms with Crippen molar-refractivity contribution in [3.8, 4) is 0 Å². The van der Waals surface area contributed by atoms with E-state index in [0.717, 1.165) is 6.54 Å². The van der Waals surface area contributed by atoms with Crippen molar-refractivity contribution in [1.82, 2.24) is 5.32 Å². The van der Waals surface area contributed by atoms with Gasteiger partial charge in [-0.2, -0.15) is 0 Å². The highest BCUT2D eigenvalue weighted by Crippen LogP contribution is 2.11. The van der Waals surface area contributed by atoms with Crippen molar-refractivity contribution >= 4 is 5.69 Å². The molecule has 0 aliphatic carbocycles. The molecule has 1 rings (SSSR count). The molecule has 2 N–H and O–H groups in total. The molecule has 0 saturated heterocycles. The number of benzene rings is 1. The molecule has 0 saturated carbocycles. The predicted molar refractivity (Wildman–Crippen MR) is 58.0 cm³/mol. The number of hydrogen-bond acceptors (Lipinski definition) is 2. The van der Waals surface area contributed by atoms with Gasteiger partial charge in [-0.05, 0) is 38.6 Å². The Balaban J connectivity index is 2.67. The largest absolute Gasteiger partial charge is 0.383 e. The smallest absolute Gasteiger partial charge is 0.0345 e. The van der Waals surface area contributed by atoms with Gasteiger partial charge in [0.05, 0.1) is 0 Å². The minimum absolute atomic E-state index is 0.491. The van der Waals surface area contributed by atoms with Crippen LogP contribution in [-0.4, -0.2) is 13.1 Å². The zero-order chi connectivity index (χ0) is 9.68. The summed E-state index contributed by atoms with van der Waals surface area (Å²) >= 11 is 0. The third-order valence-corrected chi connectivity index (χ3v) is 1.76. The fourth-order valence-corrected chi connectivity index (χ4v) is 1.31. The standard InChI is InChI=1S/C11H18N2/c1-9(2)13-11-6-4-5-10(7-11)8-12-3/h4-7,9,12-13H,8H2,1-3H3. The van der Waals surface area contributed by atoms with Crippen LogP contribution in [0.3, 0.4) is 0 Å². The van der Waals surface area contributed by atoms with Gasteiger partial charge in [0.15, 0.2) is 0 Å². The Kier molecular flexibility index (Phi) is 3.77. The fourth-order valence-electron chi connectivity index (χ4n) is 1.31. The Bertz CT molecular complexity index is 256. The van der Waals surface area contributed by atoms with E-state index in [1.54, 1.807) is 0 Å². The van der Waals surface area contributed by atoms with Gasteiger partial charge in [-0.25, -0.2) is 0 Å². The Labute approximate surface area is 80.4 Å². The second kappa shape index (κ2) is 4.87. The Hall–Kier alpha value is -1.02. The summed E-state index contributed by atoms with van der Waals surface area (Å²) in [6.07, 6.45) is 0. The van der Waals surface area contributed by atoms with Crippen molar-refractivity contribution in [2.75, 3.05) is 12.4 Å². The molecule has 0 aliphatic heterocycles. The van der Waals surface area contributed by atoms with Gasteiger partial charge in [0.2, 0.25) is 0 Å². The molecule has 2 nitrogen and oxygen atoms in total. The average Bonchev–Trinajstić information content (AvgIpc) is 2.04. The minimum Gasteiger partial charge on any atom is -0.383 e. The average molecular weight is 178 g/mol. The Morgan fingerprint density at radius 2 is 2.08 bits per heavy atom. The maximum absolute atomic E-state index is 3.38. The van der Waals surface area contributed by atoms with Crippen molar-refractivity contribution < 1.29 is 0 Å². The molecule has 0 heterocycles. The molecule has 0 aliphatic rings. The quantitative estimate of drug-likeness (QED) is 0.738. The molecule has 13 heavy (non-hydrogen) atoms. The van der Waals surface area contributed by atoms with Crippen LogP contribution in [0.25, 0.3) is 0 Å². The van der Waals surface area contributed by atoms with E-state index in [9.17, 15) is 0 Å².